The first-order valence-corrected chi connectivity index (χ1v) is 11.5. The van der Waals surface area contributed by atoms with Crippen molar-refractivity contribution in [1.29, 1.82) is 0 Å². The molecule has 0 radical (unpaired) electrons. The van der Waals surface area contributed by atoms with Crippen molar-refractivity contribution in [3.8, 4) is 10.4 Å². The Labute approximate surface area is 181 Å². The van der Waals surface area contributed by atoms with E-state index in [1.54, 1.807) is 23.3 Å². The summed E-state index contributed by atoms with van der Waals surface area (Å²) >= 11 is 1.60. The molecule has 5 heterocycles. The lowest BCUT2D eigenvalue weighted by atomic mass is 9.75. The molecule has 0 aliphatic carbocycles. The topological polar surface area (TPSA) is 53.1 Å². The molecule has 1 spiro atoms. The highest BCUT2D eigenvalue weighted by Crippen LogP contribution is 2.45. The van der Waals surface area contributed by atoms with E-state index in [-0.39, 0.29) is 17.6 Å². The van der Waals surface area contributed by atoms with Crippen LogP contribution in [0.15, 0.2) is 36.4 Å². The molecule has 2 aromatic rings. The van der Waals surface area contributed by atoms with E-state index in [9.17, 15) is 9.59 Å². The van der Waals surface area contributed by atoms with Gasteiger partial charge in [0.1, 0.15) is 10.6 Å². The van der Waals surface area contributed by atoms with Crippen LogP contribution < -0.4 is 9.80 Å². The predicted octanol–water partition coefficient (Wildman–Crippen LogP) is 4.21. The van der Waals surface area contributed by atoms with Crippen molar-refractivity contribution in [3.05, 3.63) is 36.4 Å². The van der Waals surface area contributed by atoms with E-state index in [1.807, 2.05) is 42.2 Å². The zero-order chi connectivity index (χ0) is 20.9. The summed E-state index contributed by atoms with van der Waals surface area (Å²) in [4.78, 5) is 31.8. The molecule has 158 valence electrons. The van der Waals surface area contributed by atoms with Gasteiger partial charge in [-0.3, -0.25) is 14.6 Å². The number of thiophene rings is 1. The third kappa shape index (κ3) is 3.20. The molecule has 6 rings (SSSR count). The van der Waals surface area contributed by atoms with Crippen molar-refractivity contribution < 1.29 is 14.3 Å². The Morgan fingerprint density at radius 1 is 1.23 bits per heavy atom. The van der Waals surface area contributed by atoms with Crippen LogP contribution in [-0.2, 0) is 9.53 Å². The Kier molecular flexibility index (Phi) is 4.82. The first kappa shape index (κ1) is 19.6. The number of nitrogens with zero attached hydrogens (tertiary/aromatic N) is 3. The van der Waals surface area contributed by atoms with Gasteiger partial charge in [0, 0.05) is 36.5 Å². The molecule has 2 bridgehead atoms. The Bertz CT molecular complexity index is 982. The number of carbonyl (C=O) groups is 2. The number of piperidine rings is 3. The normalized spacial score (nSPS) is 27.5. The van der Waals surface area contributed by atoms with Crippen molar-refractivity contribution in [2.45, 2.75) is 31.8 Å². The summed E-state index contributed by atoms with van der Waals surface area (Å²) in [6, 6.07) is 12.0. The smallest absolute Gasteiger partial charge is 0.415 e. The van der Waals surface area contributed by atoms with Crippen molar-refractivity contribution in [2.75, 3.05) is 43.0 Å². The van der Waals surface area contributed by atoms with Gasteiger partial charge >= 0.3 is 6.09 Å². The molecule has 4 fully saturated rings. The number of hydrogen-bond acceptors (Lipinski definition) is 5. The van der Waals surface area contributed by atoms with E-state index >= 15 is 0 Å². The Balaban J connectivity index is 1.38. The van der Waals surface area contributed by atoms with Crippen LogP contribution in [0.4, 0.5) is 15.5 Å². The average molecular weight is 426 g/mol. The highest BCUT2D eigenvalue weighted by molar-refractivity contribution is 7.19. The second-order valence-corrected chi connectivity index (χ2v) is 9.63. The van der Waals surface area contributed by atoms with Gasteiger partial charge in [0.25, 0.3) is 0 Å². The standard InChI is InChI=1S/C23H27N3O3S/c1-3-20(27)24(2)18-6-4-5-16(13-18)19-7-8-21(30-19)26-15-23(29-22(26)28)14-25-11-9-17(23)10-12-25/h4-8,13,17H,3,9-12,14-15H2,1-2H3/t23-/m1/s1. The van der Waals surface area contributed by atoms with E-state index in [4.69, 9.17) is 4.74 Å². The Hall–Kier alpha value is -2.38. The number of ether oxygens (including phenoxy) is 1. The molecular weight excluding hydrogens is 398 g/mol. The van der Waals surface area contributed by atoms with Gasteiger partial charge in [-0.2, -0.15) is 0 Å². The molecule has 0 unspecified atom stereocenters. The first-order chi connectivity index (χ1) is 14.5. The van der Waals surface area contributed by atoms with Crippen LogP contribution in [-0.4, -0.2) is 55.7 Å². The van der Waals surface area contributed by atoms with Crippen LogP contribution in [0.25, 0.3) is 10.4 Å². The third-order valence-electron chi connectivity index (χ3n) is 6.81. The summed E-state index contributed by atoms with van der Waals surface area (Å²) in [5, 5.41) is 0.923. The van der Waals surface area contributed by atoms with Gasteiger partial charge in [-0.05, 0) is 55.8 Å². The molecule has 1 aromatic carbocycles. The van der Waals surface area contributed by atoms with Gasteiger partial charge < -0.3 is 9.64 Å². The molecule has 6 nitrogen and oxygen atoms in total. The van der Waals surface area contributed by atoms with Gasteiger partial charge in [-0.25, -0.2) is 4.79 Å². The highest BCUT2D eigenvalue weighted by atomic mass is 32.1. The molecule has 0 saturated carbocycles. The minimum atomic E-state index is -0.346. The van der Waals surface area contributed by atoms with Crippen LogP contribution in [0, 0.1) is 5.92 Å². The van der Waals surface area contributed by atoms with E-state index in [1.165, 1.54) is 0 Å². The summed E-state index contributed by atoms with van der Waals surface area (Å²) in [6.07, 6.45) is 2.49. The van der Waals surface area contributed by atoms with Gasteiger partial charge in [0.15, 0.2) is 0 Å². The second-order valence-electron chi connectivity index (χ2n) is 8.56. The lowest BCUT2D eigenvalue weighted by Crippen LogP contribution is -2.61. The van der Waals surface area contributed by atoms with Crippen LogP contribution in [0.1, 0.15) is 26.2 Å². The first-order valence-electron chi connectivity index (χ1n) is 10.7. The monoisotopic (exact) mass is 425 g/mol. The van der Waals surface area contributed by atoms with Crippen LogP contribution in [0.5, 0.6) is 0 Å². The van der Waals surface area contributed by atoms with E-state index < -0.39 is 0 Å². The number of fused-ring (bicyclic) bond motifs is 2. The SMILES string of the molecule is CCC(=O)N(C)c1cccc(-c2ccc(N3C[C@@]4(CN5CCC4CC5)OC3=O)s2)c1. The number of amides is 2. The van der Waals surface area contributed by atoms with E-state index in [2.05, 4.69) is 11.0 Å². The number of anilines is 2. The molecule has 4 aliphatic heterocycles. The molecular formula is C23H27N3O3S. The lowest BCUT2D eigenvalue weighted by molar-refractivity contribution is -0.118. The largest absolute Gasteiger partial charge is 0.439 e. The predicted molar refractivity (Wildman–Crippen MR) is 119 cm³/mol. The molecule has 0 N–H and O–H groups in total. The molecule has 7 heteroatoms. The van der Waals surface area contributed by atoms with Gasteiger partial charge in [0.2, 0.25) is 5.91 Å². The minimum absolute atomic E-state index is 0.0849. The quantitative estimate of drug-likeness (QED) is 0.736. The van der Waals surface area contributed by atoms with E-state index in [0.717, 1.165) is 53.6 Å². The number of benzene rings is 1. The lowest BCUT2D eigenvalue weighted by Gasteiger charge is -2.49. The molecule has 4 aliphatic rings. The molecule has 4 saturated heterocycles. The molecule has 1 atom stereocenters. The van der Waals surface area contributed by atoms with Crippen molar-refractivity contribution in [2.24, 2.45) is 5.92 Å². The third-order valence-corrected chi connectivity index (χ3v) is 7.97. The van der Waals surface area contributed by atoms with Crippen LogP contribution >= 0.6 is 11.3 Å². The maximum absolute atomic E-state index is 12.8. The van der Waals surface area contributed by atoms with Crippen molar-refractivity contribution in [1.82, 2.24) is 4.90 Å². The van der Waals surface area contributed by atoms with Crippen LogP contribution in [0.2, 0.25) is 0 Å². The summed E-state index contributed by atoms with van der Waals surface area (Å²) < 4.78 is 6.00. The summed E-state index contributed by atoms with van der Waals surface area (Å²) in [5.41, 5.74) is 1.58. The van der Waals surface area contributed by atoms with E-state index in [0.29, 0.717) is 18.9 Å². The highest BCUT2D eigenvalue weighted by Gasteiger charge is 2.55. The van der Waals surface area contributed by atoms with Gasteiger partial charge in [-0.1, -0.05) is 19.1 Å². The fourth-order valence-electron chi connectivity index (χ4n) is 5.06. The average Bonchev–Trinajstić information content (AvgIpc) is 3.38. The van der Waals surface area contributed by atoms with Gasteiger partial charge in [0.05, 0.1) is 6.54 Å². The fraction of sp³-hybridized carbons (Fsp3) is 0.478. The summed E-state index contributed by atoms with van der Waals surface area (Å²) in [7, 11) is 1.80. The molecule has 1 aromatic heterocycles. The van der Waals surface area contributed by atoms with Crippen molar-refractivity contribution in [3.63, 3.8) is 0 Å². The maximum Gasteiger partial charge on any atom is 0.415 e. The maximum atomic E-state index is 12.8. The zero-order valence-electron chi connectivity index (χ0n) is 17.5. The second kappa shape index (κ2) is 7.39. The summed E-state index contributed by atoms with van der Waals surface area (Å²) in [6.45, 7) is 5.61. The Morgan fingerprint density at radius 2 is 2.03 bits per heavy atom. The number of carbonyl (C=O) groups excluding carboxylic acids is 2. The fourth-order valence-corrected chi connectivity index (χ4v) is 6.05. The zero-order valence-corrected chi connectivity index (χ0v) is 18.3. The Morgan fingerprint density at radius 3 is 2.73 bits per heavy atom. The van der Waals surface area contributed by atoms with Gasteiger partial charge in [-0.15, -0.1) is 11.3 Å². The van der Waals surface area contributed by atoms with Crippen molar-refractivity contribution >= 4 is 34.0 Å². The minimum Gasteiger partial charge on any atom is -0.439 e. The van der Waals surface area contributed by atoms with Crippen LogP contribution in [0.3, 0.4) is 0 Å². The molecule has 2 amide bonds. The number of hydrogen-bond donors (Lipinski definition) is 0. The molecule has 30 heavy (non-hydrogen) atoms. The number of rotatable bonds is 4. The summed E-state index contributed by atoms with van der Waals surface area (Å²) in [5.74, 6) is 0.556.